The predicted octanol–water partition coefficient (Wildman–Crippen LogP) is 4.81. The predicted molar refractivity (Wildman–Crippen MR) is 96.3 cm³/mol. The van der Waals surface area contributed by atoms with Gasteiger partial charge in [0.15, 0.2) is 11.5 Å². The molecule has 0 saturated heterocycles. The van der Waals surface area contributed by atoms with Crippen LogP contribution in [0, 0.1) is 5.92 Å². The minimum Gasteiger partial charge on any atom is -0.493 e. The van der Waals surface area contributed by atoms with E-state index in [1.165, 1.54) is 0 Å². The molecule has 24 heavy (non-hydrogen) atoms. The lowest BCUT2D eigenvalue weighted by atomic mass is 10.1. The Kier molecular flexibility index (Phi) is 5.24. The molecule has 3 rings (SSSR count). The Morgan fingerprint density at radius 1 is 0.958 bits per heavy atom. The fourth-order valence-electron chi connectivity index (χ4n) is 2.98. The highest BCUT2D eigenvalue weighted by Crippen LogP contribution is 2.65. The average Bonchev–Trinajstić information content (AvgIpc) is 3.15. The molecule has 1 saturated carbocycles. The summed E-state index contributed by atoms with van der Waals surface area (Å²) >= 11 is 12.9. The molecule has 0 spiro atoms. The normalized spacial score (nSPS) is 21.3. The molecule has 1 fully saturated rings. The van der Waals surface area contributed by atoms with Crippen molar-refractivity contribution in [1.29, 1.82) is 0 Å². The van der Waals surface area contributed by atoms with Crippen LogP contribution in [0.15, 0.2) is 48.5 Å². The van der Waals surface area contributed by atoms with Crippen LogP contribution in [0.25, 0.3) is 0 Å². The zero-order chi connectivity index (χ0) is 17.2. The van der Waals surface area contributed by atoms with Gasteiger partial charge in [0.05, 0.1) is 27.4 Å². The standard InChI is InChI=1S/C19H20Cl2O3/c1-22-16-9-8-14(10-17(16)23-2)18-15(19(18,20)21)12-24-11-13-6-4-3-5-7-13/h3-10,15,18H,11-12H2,1-2H3/t15-,18-/m0/s1. The van der Waals surface area contributed by atoms with Crippen LogP contribution >= 0.6 is 23.2 Å². The highest BCUT2D eigenvalue weighted by atomic mass is 35.5. The first-order valence-corrected chi connectivity index (χ1v) is 8.55. The third kappa shape index (κ3) is 3.49. The van der Waals surface area contributed by atoms with E-state index in [9.17, 15) is 0 Å². The number of rotatable bonds is 7. The molecule has 2 aromatic rings. The molecule has 2 aromatic carbocycles. The minimum atomic E-state index is -0.809. The number of alkyl halides is 2. The summed E-state index contributed by atoms with van der Waals surface area (Å²) < 4.78 is 15.6. The highest BCUT2D eigenvalue weighted by molar-refractivity contribution is 6.52. The maximum atomic E-state index is 6.47. The van der Waals surface area contributed by atoms with E-state index < -0.39 is 4.33 Å². The van der Waals surface area contributed by atoms with E-state index >= 15 is 0 Å². The van der Waals surface area contributed by atoms with Crippen LogP contribution in [0.3, 0.4) is 0 Å². The second-order valence-electron chi connectivity index (χ2n) is 5.87. The van der Waals surface area contributed by atoms with Gasteiger partial charge in [0.1, 0.15) is 4.33 Å². The van der Waals surface area contributed by atoms with Gasteiger partial charge in [-0.2, -0.15) is 0 Å². The Morgan fingerprint density at radius 3 is 2.33 bits per heavy atom. The lowest BCUT2D eigenvalue weighted by molar-refractivity contribution is 0.109. The van der Waals surface area contributed by atoms with Crippen LogP contribution in [-0.2, 0) is 11.3 Å². The van der Waals surface area contributed by atoms with Gasteiger partial charge < -0.3 is 14.2 Å². The van der Waals surface area contributed by atoms with Crippen molar-refractivity contribution in [2.45, 2.75) is 16.9 Å². The fraction of sp³-hybridized carbons (Fsp3) is 0.368. The molecule has 0 bridgehead atoms. The maximum absolute atomic E-state index is 6.47. The van der Waals surface area contributed by atoms with Gasteiger partial charge >= 0.3 is 0 Å². The summed E-state index contributed by atoms with van der Waals surface area (Å²) in [6.07, 6.45) is 0. The topological polar surface area (TPSA) is 27.7 Å². The zero-order valence-electron chi connectivity index (χ0n) is 13.7. The van der Waals surface area contributed by atoms with Crippen molar-refractivity contribution < 1.29 is 14.2 Å². The molecule has 1 aliphatic rings. The maximum Gasteiger partial charge on any atom is 0.160 e. The number of hydrogen-bond donors (Lipinski definition) is 0. The number of benzene rings is 2. The highest BCUT2D eigenvalue weighted by Gasteiger charge is 2.63. The third-order valence-electron chi connectivity index (χ3n) is 4.38. The quantitative estimate of drug-likeness (QED) is 0.658. The summed E-state index contributed by atoms with van der Waals surface area (Å²) in [5, 5.41) is 0. The molecule has 0 aromatic heterocycles. The Balaban J connectivity index is 1.64. The number of ether oxygens (including phenoxy) is 3. The monoisotopic (exact) mass is 366 g/mol. The average molecular weight is 367 g/mol. The van der Waals surface area contributed by atoms with E-state index in [0.29, 0.717) is 24.7 Å². The number of halogens is 2. The lowest BCUT2D eigenvalue weighted by Gasteiger charge is -2.09. The van der Waals surface area contributed by atoms with Crippen LogP contribution in [0.5, 0.6) is 11.5 Å². The largest absolute Gasteiger partial charge is 0.493 e. The lowest BCUT2D eigenvalue weighted by Crippen LogP contribution is -2.01. The molecule has 3 nitrogen and oxygen atoms in total. The molecule has 0 radical (unpaired) electrons. The molecule has 0 heterocycles. The van der Waals surface area contributed by atoms with Crippen molar-refractivity contribution in [2.75, 3.05) is 20.8 Å². The van der Waals surface area contributed by atoms with E-state index in [-0.39, 0.29) is 11.8 Å². The van der Waals surface area contributed by atoms with Crippen LogP contribution in [0.2, 0.25) is 0 Å². The number of hydrogen-bond acceptors (Lipinski definition) is 3. The minimum absolute atomic E-state index is 0.0245. The molecule has 5 heteroatoms. The second-order valence-corrected chi connectivity index (χ2v) is 7.32. The van der Waals surface area contributed by atoms with E-state index in [4.69, 9.17) is 37.4 Å². The van der Waals surface area contributed by atoms with Crippen molar-refractivity contribution in [3.05, 3.63) is 59.7 Å². The van der Waals surface area contributed by atoms with Gasteiger partial charge in [-0.05, 0) is 23.3 Å². The molecule has 1 aliphatic carbocycles. The Bertz CT molecular complexity index is 688. The van der Waals surface area contributed by atoms with Crippen molar-refractivity contribution in [2.24, 2.45) is 5.92 Å². The van der Waals surface area contributed by atoms with E-state index in [1.807, 2.05) is 48.5 Å². The summed E-state index contributed by atoms with van der Waals surface area (Å²) in [6, 6.07) is 15.8. The Morgan fingerprint density at radius 2 is 1.67 bits per heavy atom. The Labute approximate surface area is 152 Å². The van der Waals surface area contributed by atoms with Crippen molar-refractivity contribution in [3.63, 3.8) is 0 Å². The summed E-state index contributed by atoms with van der Waals surface area (Å²) in [7, 11) is 3.23. The van der Waals surface area contributed by atoms with Crippen LogP contribution in [0.1, 0.15) is 17.0 Å². The van der Waals surface area contributed by atoms with Crippen LogP contribution < -0.4 is 9.47 Å². The van der Waals surface area contributed by atoms with Gasteiger partial charge in [-0.1, -0.05) is 36.4 Å². The summed E-state index contributed by atoms with van der Waals surface area (Å²) in [5.41, 5.74) is 2.17. The molecule has 0 unspecified atom stereocenters. The molecular formula is C19H20Cl2O3. The van der Waals surface area contributed by atoms with E-state index in [2.05, 4.69) is 0 Å². The molecule has 0 amide bonds. The summed E-state index contributed by atoms with van der Waals surface area (Å²) in [5.74, 6) is 1.45. The van der Waals surface area contributed by atoms with Gasteiger partial charge in [-0.15, -0.1) is 23.2 Å². The number of methoxy groups -OCH3 is 2. The smallest absolute Gasteiger partial charge is 0.160 e. The first-order valence-electron chi connectivity index (χ1n) is 7.79. The van der Waals surface area contributed by atoms with Gasteiger partial charge in [-0.3, -0.25) is 0 Å². The second kappa shape index (κ2) is 7.22. The Hall–Kier alpha value is -1.42. The van der Waals surface area contributed by atoms with Gasteiger partial charge in [0, 0.05) is 11.8 Å². The van der Waals surface area contributed by atoms with Crippen molar-refractivity contribution in [3.8, 4) is 11.5 Å². The van der Waals surface area contributed by atoms with Crippen LogP contribution in [0.4, 0.5) is 0 Å². The molecule has 0 aliphatic heterocycles. The summed E-state index contributed by atoms with van der Waals surface area (Å²) in [6.45, 7) is 1.07. The van der Waals surface area contributed by atoms with Crippen molar-refractivity contribution >= 4 is 23.2 Å². The van der Waals surface area contributed by atoms with E-state index in [1.54, 1.807) is 14.2 Å². The van der Waals surface area contributed by atoms with Gasteiger partial charge in [0.25, 0.3) is 0 Å². The molecule has 2 atom stereocenters. The first kappa shape index (κ1) is 17.4. The molecular weight excluding hydrogens is 347 g/mol. The molecule has 128 valence electrons. The summed E-state index contributed by atoms with van der Waals surface area (Å²) in [4.78, 5) is 0. The fourth-order valence-corrected chi connectivity index (χ4v) is 3.78. The van der Waals surface area contributed by atoms with Gasteiger partial charge in [0.2, 0.25) is 0 Å². The van der Waals surface area contributed by atoms with E-state index in [0.717, 1.165) is 11.1 Å². The van der Waals surface area contributed by atoms with Gasteiger partial charge in [-0.25, -0.2) is 0 Å². The SMILES string of the molecule is COc1ccc([C@H]2[C@H](COCc3ccccc3)C2(Cl)Cl)cc1OC. The molecule has 0 N–H and O–H groups in total. The zero-order valence-corrected chi connectivity index (χ0v) is 15.2. The third-order valence-corrected chi connectivity index (χ3v) is 5.41. The van der Waals surface area contributed by atoms with Crippen molar-refractivity contribution in [1.82, 2.24) is 0 Å². The van der Waals surface area contributed by atoms with Crippen LogP contribution in [-0.4, -0.2) is 25.2 Å². The first-order chi connectivity index (χ1) is 11.6.